The van der Waals surface area contributed by atoms with Crippen molar-refractivity contribution in [2.24, 2.45) is 17.3 Å². The van der Waals surface area contributed by atoms with Crippen LogP contribution in [0.3, 0.4) is 0 Å². The summed E-state index contributed by atoms with van der Waals surface area (Å²) >= 11 is 0. The van der Waals surface area contributed by atoms with Crippen LogP contribution in [-0.2, 0) is 14.3 Å². The lowest BCUT2D eigenvalue weighted by atomic mass is 9.57. The van der Waals surface area contributed by atoms with Crippen molar-refractivity contribution < 1.29 is 19.4 Å². The molecule has 4 bridgehead atoms. The molecule has 2 fully saturated rings. The largest absolute Gasteiger partial charge is 0.362 e. The highest BCUT2D eigenvalue weighted by atomic mass is 16.6. The van der Waals surface area contributed by atoms with Crippen molar-refractivity contribution in [1.82, 2.24) is 0 Å². The third-order valence-corrected chi connectivity index (χ3v) is 4.92. The minimum absolute atomic E-state index is 0.0494. The molecule has 3 rings (SSSR count). The van der Waals surface area contributed by atoms with Gasteiger partial charge in [0.15, 0.2) is 11.6 Å². The number of aliphatic hydroxyl groups is 1. The van der Waals surface area contributed by atoms with Gasteiger partial charge in [-0.3, -0.25) is 9.59 Å². The van der Waals surface area contributed by atoms with Gasteiger partial charge in [-0.05, 0) is 24.0 Å². The van der Waals surface area contributed by atoms with Crippen LogP contribution in [-0.4, -0.2) is 28.6 Å². The standard InChI is InChI=1S/C14H18O4/c1-7-6-14(17)10-5-8(15)4-9(13(10,2)3)11(16)12(7)18-14/h6,9-10,12,17H,4-5H2,1-3H3/t9-,10-,12+,14+/m1/s1. The summed E-state index contributed by atoms with van der Waals surface area (Å²) in [5.41, 5.74) is 0.355. The van der Waals surface area contributed by atoms with Gasteiger partial charge in [-0.15, -0.1) is 0 Å². The van der Waals surface area contributed by atoms with Crippen LogP contribution in [0.25, 0.3) is 0 Å². The summed E-state index contributed by atoms with van der Waals surface area (Å²) in [5.74, 6) is -2.15. The Kier molecular flexibility index (Phi) is 2.21. The number of ketones is 2. The lowest BCUT2D eigenvalue weighted by Crippen LogP contribution is -2.51. The summed E-state index contributed by atoms with van der Waals surface area (Å²) in [7, 11) is 0. The van der Waals surface area contributed by atoms with Gasteiger partial charge in [0.1, 0.15) is 11.9 Å². The van der Waals surface area contributed by atoms with E-state index in [0.717, 1.165) is 5.57 Å². The van der Waals surface area contributed by atoms with Gasteiger partial charge in [-0.25, -0.2) is 0 Å². The van der Waals surface area contributed by atoms with Crippen LogP contribution in [0.5, 0.6) is 0 Å². The SMILES string of the molecule is CC1=C[C@]2(O)O[C@@H]1C(=O)[C@H]1CC(=O)C[C@@H]2C1(C)C. The van der Waals surface area contributed by atoms with E-state index in [1.807, 2.05) is 13.8 Å². The molecule has 2 aliphatic heterocycles. The van der Waals surface area contributed by atoms with Gasteiger partial charge in [0.2, 0.25) is 0 Å². The van der Waals surface area contributed by atoms with Crippen molar-refractivity contribution in [2.45, 2.75) is 45.5 Å². The molecule has 0 aromatic carbocycles. The number of Topliss-reactive ketones (excluding diaryl/α,β-unsaturated/α-hetero) is 2. The Labute approximate surface area is 106 Å². The summed E-state index contributed by atoms with van der Waals surface area (Å²) in [6.07, 6.45) is 1.52. The van der Waals surface area contributed by atoms with E-state index < -0.39 is 17.3 Å². The topological polar surface area (TPSA) is 63.6 Å². The Balaban J connectivity index is 2.19. The minimum Gasteiger partial charge on any atom is -0.362 e. The van der Waals surface area contributed by atoms with Gasteiger partial charge < -0.3 is 9.84 Å². The van der Waals surface area contributed by atoms with Gasteiger partial charge >= 0.3 is 0 Å². The average Bonchev–Trinajstić information content (AvgIpc) is 2.56. The highest BCUT2D eigenvalue weighted by Gasteiger charge is 2.61. The Morgan fingerprint density at radius 3 is 2.67 bits per heavy atom. The zero-order valence-electron chi connectivity index (χ0n) is 10.9. The van der Waals surface area contributed by atoms with Crippen molar-refractivity contribution in [3.05, 3.63) is 11.6 Å². The molecule has 2 heterocycles. The Morgan fingerprint density at radius 1 is 1.33 bits per heavy atom. The summed E-state index contributed by atoms with van der Waals surface area (Å²) in [6.45, 7) is 5.71. The Morgan fingerprint density at radius 2 is 2.00 bits per heavy atom. The predicted molar refractivity (Wildman–Crippen MR) is 63.6 cm³/mol. The van der Waals surface area contributed by atoms with Gasteiger partial charge in [0, 0.05) is 24.7 Å². The zero-order valence-corrected chi connectivity index (χ0v) is 10.9. The molecule has 1 saturated heterocycles. The van der Waals surface area contributed by atoms with E-state index in [1.165, 1.54) is 0 Å². The highest BCUT2D eigenvalue weighted by molar-refractivity contribution is 5.95. The first-order valence-electron chi connectivity index (χ1n) is 6.40. The molecule has 0 amide bonds. The fourth-order valence-corrected chi connectivity index (χ4v) is 3.82. The number of carbonyl (C=O) groups is 2. The molecule has 98 valence electrons. The van der Waals surface area contributed by atoms with Crippen molar-refractivity contribution in [2.75, 3.05) is 0 Å². The van der Waals surface area contributed by atoms with Crippen LogP contribution >= 0.6 is 0 Å². The monoisotopic (exact) mass is 250 g/mol. The zero-order chi connectivity index (χ0) is 13.3. The molecule has 0 spiro atoms. The number of carbonyl (C=O) groups excluding carboxylic acids is 2. The van der Waals surface area contributed by atoms with Crippen LogP contribution in [0.4, 0.5) is 0 Å². The number of hydrogen-bond donors (Lipinski definition) is 1. The Hall–Kier alpha value is -1.00. The second kappa shape index (κ2) is 3.31. The molecule has 0 aromatic heterocycles. The van der Waals surface area contributed by atoms with Crippen molar-refractivity contribution >= 4 is 11.6 Å². The molecule has 0 radical (unpaired) electrons. The molecule has 18 heavy (non-hydrogen) atoms. The first kappa shape index (κ1) is 12.1. The second-order valence-electron chi connectivity index (χ2n) is 6.41. The van der Waals surface area contributed by atoms with Gasteiger partial charge in [0.25, 0.3) is 0 Å². The molecule has 0 unspecified atom stereocenters. The maximum atomic E-state index is 12.5. The van der Waals surface area contributed by atoms with Gasteiger partial charge in [-0.1, -0.05) is 13.8 Å². The van der Waals surface area contributed by atoms with Crippen LogP contribution < -0.4 is 0 Å². The fraction of sp³-hybridized carbons (Fsp3) is 0.714. The molecular formula is C14H18O4. The molecule has 1 aliphatic carbocycles. The van der Waals surface area contributed by atoms with E-state index in [-0.39, 0.29) is 36.2 Å². The smallest absolute Gasteiger partial charge is 0.190 e. The Bertz CT molecular complexity index is 476. The first-order valence-corrected chi connectivity index (χ1v) is 6.40. The summed E-state index contributed by atoms with van der Waals surface area (Å²) in [6, 6.07) is 0. The van der Waals surface area contributed by atoms with Crippen molar-refractivity contribution in [3.63, 3.8) is 0 Å². The first-order chi connectivity index (χ1) is 8.25. The number of hydrogen-bond acceptors (Lipinski definition) is 4. The lowest BCUT2D eigenvalue weighted by molar-refractivity contribution is -0.218. The maximum Gasteiger partial charge on any atom is 0.190 e. The number of rotatable bonds is 0. The normalized spacial score (nSPS) is 45.8. The fourth-order valence-electron chi connectivity index (χ4n) is 3.82. The molecule has 4 heteroatoms. The molecule has 0 aromatic rings. The summed E-state index contributed by atoms with van der Waals surface area (Å²) in [5, 5.41) is 10.7. The number of ether oxygens (including phenoxy) is 1. The average molecular weight is 250 g/mol. The second-order valence-corrected chi connectivity index (χ2v) is 6.41. The van der Waals surface area contributed by atoms with Crippen molar-refractivity contribution in [3.8, 4) is 0 Å². The van der Waals surface area contributed by atoms with E-state index in [1.54, 1.807) is 13.0 Å². The van der Waals surface area contributed by atoms with E-state index >= 15 is 0 Å². The van der Waals surface area contributed by atoms with E-state index in [0.29, 0.717) is 0 Å². The van der Waals surface area contributed by atoms with E-state index in [2.05, 4.69) is 0 Å². The van der Waals surface area contributed by atoms with Crippen LogP contribution in [0.1, 0.15) is 33.6 Å². The lowest BCUT2D eigenvalue weighted by Gasteiger charge is -2.46. The third-order valence-electron chi connectivity index (χ3n) is 4.92. The van der Waals surface area contributed by atoms with Crippen molar-refractivity contribution in [1.29, 1.82) is 0 Å². The molecule has 1 saturated carbocycles. The van der Waals surface area contributed by atoms with E-state index in [9.17, 15) is 14.7 Å². The summed E-state index contributed by atoms with van der Waals surface area (Å²) < 4.78 is 5.59. The van der Waals surface area contributed by atoms with Gasteiger partial charge in [0.05, 0.1) is 0 Å². The molecule has 1 N–H and O–H groups in total. The quantitative estimate of drug-likeness (QED) is 0.657. The highest BCUT2D eigenvalue weighted by Crippen LogP contribution is 2.55. The maximum absolute atomic E-state index is 12.5. The van der Waals surface area contributed by atoms with Crippen LogP contribution in [0, 0.1) is 17.3 Å². The molecule has 3 aliphatic rings. The van der Waals surface area contributed by atoms with Crippen LogP contribution in [0.2, 0.25) is 0 Å². The summed E-state index contributed by atoms with van der Waals surface area (Å²) in [4.78, 5) is 24.3. The van der Waals surface area contributed by atoms with Crippen LogP contribution in [0.15, 0.2) is 11.6 Å². The predicted octanol–water partition coefficient (Wildman–Crippen LogP) is 1.22. The third kappa shape index (κ3) is 1.33. The molecular weight excluding hydrogens is 232 g/mol. The van der Waals surface area contributed by atoms with Gasteiger partial charge in [-0.2, -0.15) is 0 Å². The molecule has 4 nitrogen and oxygen atoms in total. The molecule has 4 atom stereocenters. The minimum atomic E-state index is -1.46. The van der Waals surface area contributed by atoms with E-state index in [4.69, 9.17) is 4.74 Å². The number of fused-ring (bicyclic) bond motifs is 5.